The van der Waals surface area contributed by atoms with Crippen LogP contribution in [-0.2, 0) is 0 Å². The molecule has 2 N–H and O–H groups in total. The molecule has 1 aliphatic rings. The maximum atomic E-state index is 9.54. The van der Waals surface area contributed by atoms with Crippen LogP contribution in [0.5, 0.6) is 0 Å². The highest BCUT2D eigenvalue weighted by molar-refractivity contribution is 7.99. The van der Waals surface area contributed by atoms with E-state index in [1.165, 1.54) is 31.4 Å². The fourth-order valence-electron chi connectivity index (χ4n) is 2.18. The minimum Gasteiger partial charge on any atom is -0.392 e. The van der Waals surface area contributed by atoms with E-state index in [1.54, 1.807) is 0 Å². The molecular formula is C12H25NOS. The van der Waals surface area contributed by atoms with Crippen LogP contribution in [0.3, 0.4) is 0 Å². The van der Waals surface area contributed by atoms with Gasteiger partial charge in [0.1, 0.15) is 0 Å². The highest BCUT2D eigenvalue weighted by atomic mass is 32.2. The minimum atomic E-state index is -0.167. The summed E-state index contributed by atoms with van der Waals surface area (Å²) >= 11 is 2.08. The van der Waals surface area contributed by atoms with E-state index in [1.807, 2.05) is 6.92 Å². The third-order valence-corrected chi connectivity index (χ3v) is 4.50. The van der Waals surface area contributed by atoms with E-state index >= 15 is 0 Å². The Morgan fingerprint density at radius 2 is 2.07 bits per heavy atom. The van der Waals surface area contributed by atoms with E-state index in [-0.39, 0.29) is 6.10 Å². The van der Waals surface area contributed by atoms with Crippen LogP contribution in [0.25, 0.3) is 0 Å². The van der Waals surface area contributed by atoms with Gasteiger partial charge in [-0.05, 0) is 25.0 Å². The molecule has 0 amide bonds. The highest BCUT2D eigenvalue weighted by Gasteiger charge is 2.24. The van der Waals surface area contributed by atoms with E-state index in [0.29, 0.717) is 6.04 Å². The van der Waals surface area contributed by atoms with Crippen LogP contribution in [0, 0.1) is 0 Å². The third-order valence-electron chi connectivity index (χ3n) is 3.17. The largest absolute Gasteiger partial charge is 0.392 e. The van der Waals surface area contributed by atoms with Gasteiger partial charge >= 0.3 is 0 Å². The molecule has 0 radical (unpaired) electrons. The fraction of sp³-hybridized carbons (Fsp3) is 1.00. The van der Waals surface area contributed by atoms with E-state index in [4.69, 9.17) is 0 Å². The summed E-state index contributed by atoms with van der Waals surface area (Å²) in [5, 5.41) is 13.8. The minimum absolute atomic E-state index is 0.167. The highest BCUT2D eigenvalue weighted by Crippen LogP contribution is 2.28. The van der Waals surface area contributed by atoms with Crippen molar-refractivity contribution in [1.82, 2.24) is 5.32 Å². The lowest BCUT2D eigenvalue weighted by Crippen LogP contribution is -2.43. The summed E-state index contributed by atoms with van der Waals surface area (Å²) in [7, 11) is 0. The Balaban J connectivity index is 2.28. The Labute approximate surface area is 98.2 Å². The normalized spacial score (nSPS) is 29.0. The Kier molecular flexibility index (Phi) is 6.69. The van der Waals surface area contributed by atoms with Crippen LogP contribution >= 0.6 is 11.8 Å². The maximum absolute atomic E-state index is 9.54. The molecule has 0 saturated heterocycles. The predicted octanol–water partition coefficient (Wildman–Crippen LogP) is 2.41. The van der Waals surface area contributed by atoms with Gasteiger partial charge in [-0.3, -0.25) is 0 Å². The Hall–Kier alpha value is 0.270. The number of rotatable bonds is 6. The number of nitrogens with one attached hydrogen (secondary N) is 1. The van der Waals surface area contributed by atoms with Gasteiger partial charge in [-0.2, -0.15) is 11.8 Å². The van der Waals surface area contributed by atoms with Crippen LogP contribution < -0.4 is 5.32 Å². The van der Waals surface area contributed by atoms with Gasteiger partial charge in [-0.1, -0.05) is 26.7 Å². The molecule has 90 valence electrons. The number of hydrogen-bond acceptors (Lipinski definition) is 3. The van der Waals surface area contributed by atoms with Gasteiger partial charge in [0.05, 0.1) is 6.10 Å². The summed E-state index contributed by atoms with van der Waals surface area (Å²) in [4.78, 5) is 0. The second-order valence-corrected chi connectivity index (χ2v) is 5.87. The Bertz CT molecular complexity index is 164. The molecule has 1 saturated carbocycles. The van der Waals surface area contributed by atoms with E-state index < -0.39 is 0 Å². The Morgan fingerprint density at radius 1 is 1.33 bits per heavy atom. The molecule has 0 heterocycles. The van der Waals surface area contributed by atoms with Crippen molar-refractivity contribution in [3.63, 3.8) is 0 Å². The van der Waals surface area contributed by atoms with Crippen molar-refractivity contribution in [2.45, 2.75) is 63.3 Å². The molecule has 0 spiro atoms. The van der Waals surface area contributed by atoms with E-state index in [0.717, 1.165) is 18.2 Å². The fourth-order valence-corrected chi connectivity index (χ4v) is 3.40. The second-order valence-electron chi connectivity index (χ2n) is 4.36. The van der Waals surface area contributed by atoms with Crippen molar-refractivity contribution in [2.24, 2.45) is 0 Å². The zero-order valence-corrected chi connectivity index (χ0v) is 10.9. The molecule has 3 atom stereocenters. The SMILES string of the molecule is CCS[C@H]1CCCC[C@@H]1NC[C@H](O)CC. The van der Waals surface area contributed by atoms with Gasteiger partial charge < -0.3 is 10.4 Å². The second kappa shape index (κ2) is 7.53. The summed E-state index contributed by atoms with van der Waals surface area (Å²) in [6.07, 6.45) is 6.05. The molecule has 0 aromatic rings. The summed E-state index contributed by atoms with van der Waals surface area (Å²) in [6.45, 7) is 5.03. The summed E-state index contributed by atoms with van der Waals surface area (Å²) in [6, 6.07) is 0.630. The smallest absolute Gasteiger partial charge is 0.0662 e. The van der Waals surface area contributed by atoms with Crippen molar-refractivity contribution in [3.8, 4) is 0 Å². The first-order valence-corrected chi connectivity index (χ1v) is 7.35. The average Bonchev–Trinajstić information content (AvgIpc) is 2.28. The van der Waals surface area contributed by atoms with Crippen LogP contribution in [0.1, 0.15) is 46.0 Å². The molecule has 0 aromatic carbocycles. The molecule has 0 aromatic heterocycles. The standard InChI is InChI=1S/C12H25NOS/c1-3-10(14)9-13-11-7-5-6-8-12(11)15-4-2/h10-14H,3-9H2,1-2H3/t10-,11+,12+/m1/s1. The van der Waals surface area contributed by atoms with Crippen LogP contribution in [-0.4, -0.2) is 34.8 Å². The third kappa shape index (κ3) is 4.75. The number of thioether (sulfide) groups is 1. The van der Waals surface area contributed by atoms with E-state index in [9.17, 15) is 5.11 Å². The first kappa shape index (κ1) is 13.3. The summed E-state index contributed by atoms with van der Waals surface area (Å²) < 4.78 is 0. The van der Waals surface area contributed by atoms with Crippen LogP contribution in [0.4, 0.5) is 0 Å². The van der Waals surface area contributed by atoms with Gasteiger partial charge in [-0.15, -0.1) is 0 Å². The van der Waals surface area contributed by atoms with Gasteiger partial charge in [0, 0.05) is 17.8 Å². The number of aliphatic hydroxyl groups excluding tert-OH is 1. The molecule has 0 aliphatic heterocycles. The van der Waals surface area contributed by atoms with Crippen molar-refractivity contribution >= 4 is 11.8 Å². The zero-order valence-electron chi connectivity index (χ0n) is 10.0. The molecule has 3 heteroatoms. The lowest BCUT2D eigenvalue weighted by atomic mass is 9.94. The number of aliphatic hydroxyl groups is 1. The first-order chi connectivity index (χ1) is 7.27. The van der Waals surface area contributed by atoms with Gasteiger partial charge in [0.2, 0.25) is 0 Å². The van der Waals surface area contributed by atoms with Gasteiger partial charge in [-0.25, -0.2) is 0 Å². The van der Waals surface area contributed by atoms with Crippen molar-refractivity contribution in [1.29, 1.82) is 0 Å². The van der Waals surface area contributed by atoms with Crippen LogP contribution in [0.2, 0.25) is 0 Å². The van der Waals surface area contributed by atoms with Crippen molar-refractivity contribution in [3.05, 3.63) is 0 Å². The first-order valence-electron chi connectivity index (χ1n) is 6.31. The van der Waals surface area contributed by atoms with Crippen LogP contribution in [0.15, 0.2) is 0 Å². The quantitative estimate of drug-likeness (QED) is 0.736. The number of hydrogen-bond donors (Lipinski definition) is 2. The monoisotopic (exact) mass is 231 g/mol. The lowest BCUT2D eigenvalue weighted by Gasteiger charge is -2.32. The van der Waals surface area contributed by atoms with E-state index in [2.05, 4.69) is 24.0 Å². The Morgan fingerprint density at radius 3 is 2.73 bits per heavy atom. The zero-order chi connectivity index (χ0) is 11.1. The molecule has 2 nitrogen and oxygen atoms in total. The average molecular weight is 231 g/mol. The van der Waals surface area contributed by atoms with Gasteiger partial charge in [0.25, 0.3) is 0 Å². The molecule has 1 fully saturated rings. The predicted molar refractivity (Wildman–Crippen MR) is 68.5 cm³/mol. The lowest BCUT2D eigenvalue weighted by molar-refractivity contribution is 0.159. The van der Waals surface area contributed by atoms with Crippen molar-refractivity contribution in [2.75, 3.05) is 12.3 Å². The summed E-state index contributed by atoms with van der Waals surface area (Å²) in [5.41, 5.74) is 0. The molecule has 0 unspecified atom stereocenters. The molecule has 1 aliphatic carbocycles. The maximum Gasteiger partial charge on any atom is 0.0662 e. The van der Waals surface area contributed by atoms with Gasteiger partial charge in [0.15, 0.2) is 0 Å². The molecule has 1 rings (SSSR count). The topological polar surface area (TPSA) is 32.3 Å². The molecule has 15 heavy (non-hydrogen) atoms. The molecule has 0 bridgehead atoms. The summed E-state index contributed by atoms with van der Waals surface area (Å²) in [5.74, 6) is 1.21. The molecular weight excluding hydrogens is 206 g/mol. The van der Waals surface area contributed by atoms with Crippen molar-refractivity contribution < 1.29 is 5.11 Å².